The Hall–Kier alpha value is -0.820. The third-order valence-electron chi connectivity index (χ3n) is 2.68. The molecule has 0 heterocycles. The molecule has 3 nitrogen and oxygen atoms in total. The van der Waals surface area contributed by atoms with Gasteiger partial charge in [-0.3, -0.25) is 0 Å². The van der Waals surface area contributed by atoms with E-state index in [1.54, 1.807) is 24.3 Å². The van der Waals surface area contributed by atoms with Gasteiger partial charge in [0, 0.05) is 20.5 Å². The largest absolute Gasteiger partial charge is 0.392 e. The SMILES string of the molecule is CS(=O)(=O)c1ccc(Sc2cc(Br)ccc2CO)cc1. The van der Waals surface area contributed by atoms with Crippen molar-refractivity contribution in [3.63, 3.8) is 0 Å². The Bertz CT molecular complexity index is 710. The topological polar surface area (TPSA) is 54.4 Å². The van der Waals surface area contributed by atoms with Crippen molar-refractivity contribution in [3.8, 4) is 0 Å². The third-order valence-corrected chi connectivity index (χ3v) is 5.41. The Labute approximate surface area is 131 Å². The molecule has 0 amide bonds. The van der Waals surface area contributed by atoms with Gasteiger partial charge >= 0.3 is 0 Å². The van der Waals surface area contributed by atoms with Crippen LogP contribution in [0.25, 0.3) is 0 Å². The summed E-state index contributed by atoms with van der Waals surface area (Å²) in [5.41, 5.74) is 0.838. The minimum atomic E-state index is -3.17. The van der Waals surface area contributed by atoms with Crippen LogP contribution in [-0.4, -0.2) is 19.8 Å². The minimum absolute atomic E-state index is 0.0307. The van der Waals surface area contributed by atoms with Crippen LogP contribution in [0, 0.1) is 0 Å². The standard InChI is InChI=1S/C14H13BrO3S2/c1-20(17,18)13-6-4-12(5-7-13)19-14-8-11(15)3-2-10(14)9-16/h2-8,16H,9H2,1H3. The zero-order valence-corrected chi connectivity index (χ0v) is 13.9. The summed E-state index contributed by atoms with van der Waals surface area (Å²) in [6, 6.07) is 12.4. The van der Waals surface area contributed by atoms with Crippen LogP contribution < -0.4 is 0 Å². The highest BCUT2D eigenvalue weighted by molar-refractivity contribution is 9.10. The van der Waals surface area contributed by atoms with Crippen LogP contribution in [-0.2, 0) is 16.4 Å². The van der Waals surface area contributed by atoms with Crippen molar-refractivity contribution in [1.82, 2.24) is 0 Å². The van der Waals surface area contributed by atoms with E-state index in [-0.39, 0.29) is 6.61 Å². The van der Waals surface area contributed by atoms with Gasteiger partial charge in [0.15, 0.2) is 9.84 Å². The van der Waals surface area contributed by atoms with Crippen molar-refractivity contribution in [2.45, 2.75) is 21.3 Å². The van der Waals surface area contributed by atoms with E-state index in [2.05, 4.69) is 15.9 Å². The molecule has 0 saturated heterocycles. The maximum Gasteiger partial charge on any atom is 0.175 e. The minimum Gasteiger partial charge on any atom is -0.392 e. The summed E-state index contributed by atoms with van der Waals surface area (Å²) in [7, 11) is -3.17. The molecule has 0 bridgehead atoms. The number of aliphatic hydroxyl groups excluding tert-OH is 1. The van der Waals surface area contributed by atoms with Crippen LogP contribution in [0.15, 0.2) is 61.6 Å². The maximum absolute atomic E-state index is 11.4. The summed E-state index contributed by atoms with van der Waals surface area (Å²) in [4.78, 5) is 2.16. The van der Waals surface area contributed by atoms with E-state index in [4.69, 9.17) is 0 Å². The molecule has 2 rings (SSSR count). The average Bonchev–Trinajstić information content (AvgIpc) is 2.38. The fraction of sp³-hybridized carbons (Fsp3) is 0.143. The molecule has 0 aliphatic heterocycles. The second kappa shape index (κ2) is 6.30. The Morgan fingerprint density at radius 3 is 2.35 bits per heavy atom. The number of halogens is 1. The molecule has 0 saturated carbocycles. The monoisotopic (exact) mass is 372 g/mol. The van der Waals surface area contributed by atoms with Crippen LogP contribution >= 0.6 is 27.7 Å². The molecule has 0 aliphatic carbocycles. The Balaban J connectivity index is 2.29. The number of rotatable bonds is 4. The van der Waals surface area contributed by atoms with Crippen molar-refractivity contribution in [2.75, 3.05) is 6.26 Å². The highest BCUT2D eigenvalue weighted by Gasteiger charge is 2.08. The van der Waals surface area contributed by atoms with Gasteiger partial charge in [-0.1, -0.05) is 33.8 Å². The lowest BCUT2D eigenvalue weighted by Crippen LogP contribution is -1.96. The first-order chi connectivity index (χ1) is 9.40. The zero-order valence-electron chi connectivity index (χ0n) is 10.7. The van der Waals surface area contributed by atoms with E-state index in [1.807, 2.05) is 18.2 Å². The summed E-state index contributed by atoms with van der Waals surface area (Å²) in [5.74, 6) is 0. The number of benzene rings is 2. The summed E-state index contributed by atoms with van der Waals surface area (Å²) >= 11 is 4.89. The molecule has 6 heteroatoms. The quantitative estimate of drug-likeness (QED) is 0.892. The lowest BCUT2D eigenvalue weighted by molar-refractivity contribution is 0.279. The first kappa shape index (κ1) is 15.6. The van der Waals surface area contributed by atoms with Gasteiger partial charge in [0.1, 0.15) is 0 Å². The van der Waals surface area contributed by atoms with Crippen molar-refractivity contribution in [3.05, 3.63) is 52.5 Å². The number of hydrogen-bond acceptors (Lipinski definition) is 4. The van der Waals surface area contributed by atoms with Gasteiger partial charge in [-0.15, -0.1) is 0 Å². The van der Waals surface area contributed by atoms with Gasteiger partial charge in [0.25, 0.3) is 0 Å². The van der Waals surface area contributed by atoms with Gasteiger partial charge in [0.05, 0.1) is 11.5 Å². The Morgan fingerprint density at radius 2 is 1.80 bits per heavy atom. The zero-order chi connectivity index (χ0) is 14.8. The molecule has 0 radical (unpaired) electrons. The number of sulfone groups is 1. The van der Waals surface area contributed by atoms with Gasteiger partial charge < -0.3 is 5.11 Å². The molecular weight excluding hydrogens is 360 g/mol. The van der Waals surface area contributed by atoms with Gasteiger partial charge in [-0.2, -0.15) is 0 Å². The molecule has 2 aromatic rings. The fourth-order valence-corrected chi connectivity index (χ4v) is 3.75. The fourth-order valence-electron chi connectivity index (χ4n) is 1.64. The molecule has 0 fully saturated rings. The van der Waals surface area contributed by atoms with E-state index in [0.717, 1.165) is 19.8 Å². The molecular formula is C14H13BrO3S2. The first-order valence-electron chi connectivity index (χ1n) is 5.77. The number of aliphatic hydroxyl groups is 1. The summed E-state index contributed by atoms with van der Waals surface area (Å²) in [5, 5.41) is 9.33. The van der Waals surface area contributed by atoms with E-state index in [1.165, 1.54) is 18.0 Å². The molecule has 0 unspecified atom stereocenters. The van der Waals surface area contributed by atoms with E-state index in [0.29, 0.717) is 4.90 Å². The van der Waals surface area contributed by atoms with E-state index < -0.39 is 9.84 Å². The van der Waals surface area contributed by atoms with Gasteiger partial charge in [-0.25, -0.2) is 8.42 Å². The van der Waals surface area contributed by atoms with Gasteiger partial charge in [-0.05, 0) is 42.0 Å². The van der Waals surface area contributed by atoms with Crippen LogP contribution in [0.3, 0.4) is 0 Å². The third kappa shape index (κ3) is 3.85. The number of hydrogen-bond donors (Lipinski definition) is 1. The summed E-state index contributed by atoms with van der Waals surface area (Å²) < 4.78 is 23.7. The average molecular weight is 373 g/mol. The van der Waals surface area contributed by atoms with Crippen LogP contribution in [0.5, 0.6) is 0 Å². The molecule has 2 aromatic carbocycles. The van der Waals surface area contributed by atoms with Gasteiger partial charge in [0.2, 0.25) is 0 Å². The van der Waals surface area contributed by atoms with Crippen molar-refractivity contribution in [1.29, 1.82) is 0 Å². The van der Waals surface area contributed by atoms with Crippen molar-refractivity contribution >= 4 is 37.5 Å². The molecule has 0 spiro atoms. The van der Waals surface area contributed by atoms with E-state index in [9.17, 15) is 13.5 Å². The smallest absolute Gasteiger partial charge is 0.175 e. The Morgan fingerprint density at radius 1 is 1.15 bits per heavy atom. The molecule has 0 aliphatic rings. The Kier molecular flexibility index (Phi) is 4.90. The predicted octanol–water partition coefficient (Wildman–Crippen LogP) is 3.50. The molecule has 0 aromatic heterocycles. The molecule has 0 atom stereocenters. The van der Waals surface area contributed by atoms with Crippen molar-refractivity contribution < 1.29 is 13.5 Å². The maximum atomic E-state index is 11.4. The summed E-state index contributed by atoms with van der Waals surface area (Å²) in [6.45, 7) is -0.0307. The first-order valence-corrected chi connectivity index (χ1v) is 9.27. The predicted molar refractivity (Wildman–Crippen MR) is 83.7 cm³/mol. The van der Waals surface area contributed by atoms with Crippen LogP contribution in [0.2, 0.25) is 0 Å². The summed E-state index contributed by atoms with van der Waals surface area (Å²) in [6.07, 6.45) is 1.19. The molecule has 1 N–H and O–H groups in total. The van der Waals surface area contributed by atoms with E-state index >= 15 is 0 Å². The second-order valence-electron chi connectivity index (χ2n) is 4.26. The normalized spacial score (nSPS) is 11.6. The molecule has 20 heavy (non-hydrogen) atoms. The lowest BCUT2D eigenvalue weighted by atomic mass is 10.2. The van der Waals surface area contributed by atoms with Crippen LogP contribution in [0.4, 0.5) is 0 Å². The highest BCUT2D eigenvalue weighted by atomic mass is 79.9. The van der Waals surface area contributed by atoms with Crippen LogP contribution in [0.1, 0.15) is 5.56 Å². The highest BCUT2D eigenvalue weighted by Crippen LogP contribution is 2.33. The molecule has 106 valence electrons. The van der Waals surface area contributed by atoms with Crippen molar-refractivity contribution in [2.24, 2.45) is 0 Å². The lowest BCUT2D eigenvalue weighted by Gasteiger charge is -2.08. The second-order valence-corrected chi connectivity index (χ2v) is 8.30.